The molecule has 0 atom stereocenters. The molecule has 4 N–H and O–H groups in total. The molecule has 0 saturated heterocycles. The maximum absolute atomic E-state index is 12.5. The molecule has 7 heteroatoms. The van der Waals surface area contributed by atoms with Gasteiger partial charge in [0.2, 0.25) is 0 Å². The number of nitrogens with one attached hydrogen (secondary N) is 1. The van der Waals surface area contributed by atoms with Crippen LogP contribution in [0.1, 0.15) is 48.2 Å². The van der Waals surface area contributed by atoms with Crippen molar-refractivity contribution in [3.05, 3.63) is 34.8 Å². The minimum atomic E-state index is -0.266. The predicted octanol–water partition coefficient (Wildman–Crippen LogP) is 3.89. The van der Waals surface area contributed by atoms with Crippen molar-refractivity contribution in [1.82, 2.24) is 4.98 Å². The van der Waals surface area contributed by atoms with E-state index < -0.39 is 0 Å². The third kappa shape index (κ3) is 4.28. The summed E-state index contributed by atoms with van der Waals surface area (Å²) < 4.78 is 0. The standard InChI is InChI=1S/C17H21N3O2S2/c18-15-7-6-13(24-12-4-2-1-3-5-12)8-14(15)16(22)20-17-19-11(9-21)10-23-17/h6-8,10,12,21H,1-5,9,18H2,(H,19,20,22). The van der Waals surface area contributed by atoms with Crippen molar-refractivity contribution in [3.63, 3.8) is 0 Å². The number of nitrogens with zero attached hydrogens (tertiary/aromatic N) is 1. The second-order valence-electron chi connectivity index (χ2n) is 5.88. The third-order valence-electron chi connectivity index (χ3n) is 4.06. The number of thiazole rings is 1. The second-order valence-corrected chi connectivity index (χ2v) is 8.12. The molecule has 1 aromatic carbocycles. The van der Waals surface area contributed by atoms with Crippen LogP contribution in [-0.4, -0.2) is 21.2 Å². The summed E-state index contributed by atoms with van der Waals surface area (Å²) in [5.74, 6) is -0.266. The molecule has 0 aliphatic heterocycles. The number of anilines is 2. The average Bonchev–Trinajstić information content (AvgIpc) is 3.05. The fourth-order valence-electron chi connectivity index (χ4n) is 2.78. The van der Waals surface area contributed by atoms with Crippen LogP contribution in [0.3, 0.4) is 0 Å². The first-order chi connectivity index (χ1) is 11.7. The van der Waals surface area contributed by atoms with Gasteiger partial charge in [0.15, 0.2) is 5.13 Å². The SMILES string of the molecule is Nc1ccc(SC2CCCCC2)cc1C(=O)Nc1nc(CO)cs1. The average molecular weight is 364 g/mol. The fraction of sp³-hybridized carbons (Fsp3) is 0.412. The highest BCUT2D eigenvalue weighted by Gasteiger charge is 2.17. The van der Waals surface area contributed by atoms with Crippen LogP contribution < -0.4 is 11.1 Å². The van der Waals surface area contributed by atoms with E-state index >= 15 is 0 Å². The van der Waals surface area contributed by atoms with Gasteiger partial charge in [-0.1, -0.05) is 19.3 Å². The van der Waals surface area contributed by atoms with Gasteiger partial charge in [-0.3, -0.25) is 10.1 Å². The van der Waals surface area contributed by atoms with E-state index in [0.29, 0.717) is 27.3 Å². The molecule has 5 nitrogen and oxygen atoms in total. The highest BCUT2D eigenvalue weighted by Crippen LogP contribution is 2.34. The highest BCUT2D eigenvalue weighted by atomic mass is 32.2. The number of carbonyl (C=O) groups excluding carboxylic acids is 1. The smallest absolute Gasteiger partial charge is 0.259 e. The van der Waals surface area contributed by atoms with Crippen molar-refractivity contribution in [2.24, 2.45) is 0 Å². The lowest BCUT2D eigenvalue weighted by atomic mass is 10.0. The first-order valence-electron chi connectivity index (χ1n) is 8.08. The van der Waals surface area contributed by atoms with Crippen LogP contribution in [0.25, 0.3) is 0 Å². The Morgan fingerprint density at radius 1 is 1.38 bits per heavy atom. The van der Waals surface area contributed by atoms with Crippen LogP contribution in [0, 0.1) is 0 Å². The Hall–Kier alpha value is -1.57. The summed E-state index contributed by atoms with van der Waals surface area (Å²) in [4.78, 5) is 17.7. The Morgan fingerprint density at radius 3 is 2.88 bits per heavy atom. The summed E-state index contributed by atoms with van der Waals surface area (Å²) in [6, 6.07) is 5.64. The molecule has 1 aliphatic carbocycles. The first kappa shape index (κ1) is 17.3. The minimum absolute atomic E-state index is 0.137. The number of hydrogen-bond donors (Lipinski definition) is 3. The summed E-state index contributed by atoms with van der Waals surface area (Å²) in [6.07, 6.45) is 6.38. The summed E-state index contributed by atoms with van der Waals surface area (Å²) in [7, 11) is 0. The molecule has 1 fully saturated rings. The van der Waals surface area contributed by atoms with Crippen molar-refractivity contribution in [1.29, 1.82) is 0 Å². The molecular formula is C17H21N3O2S2. The van der Waals surface area contributed by atoms with E-state index in [4.69, 9.17) is 10.8 Å². The number of carbonyl (C=O) groups is 1. The molecule has 128 valence electrons. The van der Waals surface area contributed by atoms with Crippen molar-refractivity contribution >= 4 is 39.8 Å². The fourth-order valence-corrected chi connectivity index (χ4v) is 4.77. The Balaban J connectivity index is 1.71. The molecule has 0 radical (unpaired) electrons. The van der Waals surface area contributed by atoms with Gasteiger partial charge in [0, 0.05) is 21.2 Å². The zero-order valence-corrected chi connectivity index (χ0v) is 15.0. The Kier molecular flexibility index (Phi) is 5.76. The topological polar surface area (TPSA) is 88.2 Å². The monoisotopic (exact) mass is 363 g/mol. The van der Waals surface area contributed by atoms with Crippen LogP contribution in [0.4, 0.5) is 10.8 Å². The lowest BCUT2D eigenvalue weighted by molar-refractivity contribution is 0.102. The summed E-state index contributed by atoms with van der Waals surface area (Å²) >= 11 is 3.12. The number of benzene rings is 1. The van der Waals surface area contributed by atoms with Gasteiger partial charge in [-0.2, -0.15) is 0 Å². The highest BCUT2D eigenvalue weighted by molar-refractivity contribution is 8.00. The molecule has 24 heavy (non-hydrogen) atoms. The molecule has 1 aromatic heterocycles. The van der Waals surface area contributed by atoms with Gasteiger partial charge in [0.25, 0.3) is 5.91 Å². The number of aliphatic hydroxyl groups excluding tert-OH is 1. The number of aliphatic hydroxyl groups is 1. The lowest BCUT2D eigenvalue weighted by Crippen LogP contribution is -2.14. The lowest BCUT2D eigenvalue weighted by Gasteiger charge is -2.21. The molecule has 2 aromatic rings. The van der Waals surface area contributed by atoms with Crippen molar-refractivity contribution in [2.75, 3.05) is 11.1 Å². The predicted molar refractivity (Wildman–Crippen MR) is 99.6 cm³/mol. The van der Waals surface area contributed by atoms with Crippen LogP contribution >= 0.6 is 23.1 Å². The van der Waals surface area contributed by atoms with E-state index in [0.717, 1.165) is 4.90 Å². The Morgan fingerprint density at radius 2 is 2.17 bits per heavy atom. The van der Waals surface area contributed by atoms with E-state index in [-0.39, 0.29) is 12.5 Å². The number of amides is 1. The zero-order chi connectivity index (χ0) is 16.9. The second kappa shape index (κ2) is 8.00. The Labute approximate surface area is 149 Å². The number of aromatic nitrogens is 1. The maximum Gasteiger partial charge on any atom is 0.259 e. The Bertz CT molecular complexity index is 712. The quantitative estimate of drug-likeness (QED) is 0.701. The van der Waals surface area contributed by atoms with Gasteiger partial charge in [0.1, 0.15) is 0 Å². The minimum Gasteiger partial charge on any atom is -0.398 e. The van der Waals surface area contributed by atoms with Gasteiger partial charge in [0.05, 0.1) is 17.9 Å². The number of nitrogen functional groups attached to an aromatic ring is 1. The molecule has 3 rings (SSSR count). The van der Waals surface area contributed by atoms with Gasteiger partial charge in [-0.15, -0.1) is 23.1 Å². The van der Waals surface area contributed by atoms with Crippen molar-refractivity contribution in [3.8, 4) is 0 Å². The number of nitrogens with two attached hydrogens (primary N) is 1. The van der Waals surface area contributed by atoms with E-state index in [1.807, 2.05) is 23.9 Å². The van der Waals surface area contributed by atoms with Gasteiger partial charge in [-0.25, -0.2) is 4.98 Å². The normalized spacial score (nSPS) is 15.4. The van der Waals surface area contributed by atoms with Crippen LogP contribution in [0.15, 0.2) is 28.5 Å². The molecule has 1 amide bonds. The molecule has 1 saturated carbocycles. The largest absolute Gasteiger partial charge is 0.398 e. The van der Waals surface area contributed by atoms with Gasteiger partial charge < -0.3 is 10.8 Å². The van der Waals surface area contributed by atoms with Crippen molar-refractivity contribution < 1.29 is 9.90 Å². The van der Waals surface area contributed by atoms with E-state index in [1.54, 1.807) is 11.4 Å². The molecule has 0 unspecified atom stereocenters. The van der Waals surface area contributed by atoms with E-state index in [9.17, 15) is 4.79 Å². The van der Waals surface area contributed by atoms with E-state index in [2.05, 4.69) is 10.3 Å². The number of thioether (sulfide) groups is 1. The van der Waals surface area contributed by atoms with Gasteiger partial charge in [-0.05, 0) is 31.0 Å². The first-order valence-corrected chi connectivity index (χ1v) is 9.84. The van der Waals surface area contributed by atoms with Gasteiger partial charge >= 0.3 is 0 Å². The molecule has 1 aliphatic rings. The molecule has 1 heterocycles. The van der Waals surface area contributed by atoms with Crippen LogP contribution in [-0.2, 0) is 6.61 Å². The molecular weight excluding hydrogens is 342 g/mol. The van der Waals surface area contributed by atoms with E-state index in [1.165, 1.54) is 43.4 Å². The maximum atomic E-state index is 12.5. The summed E-state index contributed by atoms with van der Waals surface area (Å²) in [5.41, 5.74) is 7.45. The molecule has 0 spiro atoms. The zero-order valence-electron chi connectivity index (χ0n) is 13.3. The summed E-state index contributed by atoms with van der Waals surface area (Å²) in [6.45, 7) is -0.137. The molecule has 0 bridgehead atoms. The van der Waals surface area contributed by atoms with Crippen LogP contribution in [0.2, 0.25) is 0 Å². The number of rotatable bonds is 5. The third-order valence-corrected chi connectivity index (χ3v) is 6.20. The summed E-state index contributed by atoms with van der Waals surface area (Å²) in [5, 5.41) is 14.6. The number of hydrogen-bond acceptors (Lipinski definition) is 6. The van der Waals surface area contributed by atoms with Crippen molar-refractivity contribution in [2.45, 2.75) is 48.9 Å². The van der Waals surface area contributed by atoms with Crippen LogP contribution in [0.5, 0.6) is 0 Å².